The molecule has 0 aliphatic carbocycles. The van der Waals surface area contributed by atoms with E-state index in [-0.39, 0.29) is 19.2 Å². The minimum atomic E-state index is -0.239. The summed E-state index contributed by atoms with van der Waals surface area (Å²) in [5, 5.41) is 9.33. The number of ether oxygens (including phenoxy) is 4. The van der Waals surface area contributed by atoms with Crippen molar-refractivity contribution in [2.24, 2.45) is 0 Å². The van der Waals surface area contributed by atoms with Crippen LogP contribution in [-0.2, 0) is 16.1 Å². The summed E-state index contributed by atoms with van der Waals surface area (Å²) in [6, 6.07) is 5.49. The molecule has 0 radical (unpaired) electrons. The Hall–Kier alpha value is -1.30. The van der Waals surface area contributed by atoms with Crippen LogP contribution in [0, 0.1) is 0 Å². The van der Waals surface area contributed by atoms with Crippen molar-refractivity contribution < 1.29 is 24.1 Å². The Labute approximate surface area is 131 Å². The molecule has 5 nitrogen and oxygen atoms in total. The van der Waals surface area contributed by atoms with Crippen molar-refractivity contribution in [3.05, 3.63) is 23.8 Å². The SMILES string of the molecule is OCc1ccc(O[C@@H]2CCCCO2)c(O[C@@H]2CCCCO2)c1. The fraction of sp³-hybridized carbons (Fsp3) is 0.647. The summed E-state index contributed by atoms with van der Waals surface area (Å²) in [5.74, 6) is 1.27. The van der Waals surface area contributed by atoms with Gasteiger partial charge in [0.25, 0.3) is 0 Å². The zero-order chi connectivity index (χ0) is 15.2. The monoisotopic (exact) mass is 308 g/mol. The lowest BCUT2D eigenvalue weighted by Gasteiger charge is -2.27. The van der Waals surface area contributed by atoms with Crippen molar-refractivity contribution in [3.63, 3.8) is 0 Å². The maximum atomic E-state index is 9.33. The van der Waals surface area contributed by atoms with Gasteiger partial charge in [-0.3, -0.25) is 0 Å². The van der Waals surface area contributed by atoms with Crippen molar-refractivity contribution in [1.29, 1.82) is 0 Å². The van der Waals surface area contributed by atoms with Gasteiger partial charge in [0.2, 0.25) is 0 Å². The van der Waals surface area contributed by atoms with Crippen LogP contribution in [0.1, 0.15) is 44.1 Å². The summed E-state index contributed by atoms with van der Waals surface area (Å²) in [4.78, 5) is 0. The van der Waals surface area contributed by atoms with Crippen LogP contribution in [0.5, 0.6) is 11.5 Å². The van der Waals surface area contributed by atoms with Gasteiger partial charge in [0, 0.05) is 12.8 Å². The van der Waals surface area contributed by atoms with Crippen LogP contribution in [0.3, 0.4) is 0 Å². The van der Waals surface area contributed by atoms with E-state index in [4.69, 9.17) is 18.9 Å². The molecular weight excluding hydrogens is 284 g/mol. The Kier molecular flexibility index (Phi) is 5.53. The molecule has 2 aliphatic heterocycles. The molecule has 122 valence electrons. The fourth-order valence-electron chi connectivity index (χ4n) is 2.73. The molecule has 2 atom stereocenters. The lowest BCUT2D eigenvalue weighted by atomic mass is 10.2. The molecule has 2 aliphatic rings. The summed E-state index contributed by atoms with van der Waals surface area (Å²) in [7, 11) is 0. The fourth-order valence-corrected chi connectivity index (χ4v) is 2.73. The van der Waals surface area contributed by atoms with Gasteiger partial charge in [-0.15, -0.1) is 0 Å². The second-order valence-electron chi connectivity index (χ2n) is 5.77. The topological polar surface area (TPSA) is 57.2 Å². The predicted molar refractivity (Wildman–Crippen MR) is 80.8 cm³/mol. The van der Waals surface area contributed by atoms with Gasteiger partial charge in [0.15, 0.2) is 24.1 Å². The summed E-state index contributed by atoms with van der Waals surface area (Å²) in [6.45, 7) is 1.44. The van der Waals surface area contributed by atoms with Crippen LogP contribution in [0.4, 0.5) is 0 Å². The first-order valence-electron chi connectivity index (χ1n) is 8.15. The molecule has 22 heavy (non-hydrogen) atoms. The molecular formula is C17H24O5. The second kappa shape index (κ2) is 7.81. The van der Waals surface area contributed by atoms with E-state index in [2.05, 4.69) is 0 Å². The molecule has 3 rings (SSSR count). The highest BCUT2D eigenvalue weighted by Crippen LogP contribution is 2.33. The molecule has 0 bridgehead atoms. The molecule has 5 heteroatoms. The van der Waals surface area contributed by atoms with Crippen molar-refractivity contribution in [2.45, 2.75) is 57.7 Å². The van der Waals surface area contributed by atoms with Gasteiger partial charge in [-0.1, -0.05) is 6.07 Å². The van der Waals surface area contributed by atoms with Crippen LogP contribution in [0.25, 0.3) is 0 Å². The van der Waals surface area contributed by atoms with Gasteiger partial charge in [-0.05, 0) is 43.4 Å². The van der Waals surface area contributed by atoms with E-state index < -0.39 is 0 Å². The zero-order valence-electron chi connectivity index (χ0n) is 12.8. The number of aliphatic hydroxyl groups is 1. The van der Waals surface area contributed by atoms with Crippen molar-refractivity contribution in [1.82, 2.24) is 0 Å². The summed E-state index contributed by atoms with van der Waals surface area (Å²) < 4.78 is 23.2. The Balaban J connectivity index is 1.71. The first-order chi connectivity index (χ1) is 10.8. The first-order valence-corrected chi connectivity index (χ1v) is 8.15. The van der Waals surface area contributed by atoms with Crippen molar-refractivity contribution in [3.8, 4) is 11.5 Å². The molecule has 1 N–H and O–H groups in total. The lowest BCUT2D eigenvalue weighted by molar-refractivity contribution is -0.119. The highest BCUT2D eigenvalue weighted by atomic mass is 16.7. The minimum Gasteiger partial charge on any atom is -0.461 e. The average molecular weight is 308 g/mol. The Morgan fingerprint density at radius 2 is 1.55 bits per heavy atom. The molecule has 0 amide bonds. The Morgan fingerprint density at radius 3 is 2.09 bits per heavy atom. The Bertz CT molecular complexity index is 464. The summed E-state index contributed by atoms with van der Waals surface area (Å²) in [5.41, 5.74) is 0.794. The highest BCUT2D eigenvalue weighted by Gasteiger charge is 2.21. The quantitative estimate of drug-likeness (QED) is 0.906. The van der Waals surface area contributed by atoms with Crippen LogP contribution < -0.4 is 9.47 Å². The average Bonchev–Trinajstić information content (AvgIpc) is 2.58. The molecule has 1 aromatic rings. The number of benzene rings is 1. The maximum Gasteiger partial charge on any atom is 0.200 e. The van der Waals surface area contributed by atoms with Crippen molar-refractivity contribution in [2.75, 3.05) is 13.2 Å². The van der Waals surface area contributed by atoms with Crippen LogP contribution >= 0.6 is 0 Å². The van der Waals surface area contributed by atoms with Gasteiger partial charge in [0.1, 0.15) is 0 Å². The zero-order valence-corrected chi connectivity index (χ0v) is 12.8. The normalized spacial score (nSPS) is 25.7. The van der Waals surface area contributed by atoms with E-state index in [1.807, 2.05) is 18.2 Å². The third-order valence-electron chi connectivity index (χ3n) is 3.98. The van der Waals surface area contributed by atoms with Crippen molar-refractivity contribution >= 4 is 0 Å². The van der Waals surface area contributed by atoms with Gasteiger partial charge in [-0.2, -0.15) is 0 Å². The van der Waals surface area contributed by atoms with E-state index in [0.29, 0.717) is 11.5 Å². The molecule has 2 fully saturated rings. The second-order valence-corrected chi connectivity index (χ2v) is 5.77. The van der Waals surface area contributed by atoms with Gasteiger partial charge < -0.3 is 24.1 Å². The van der Waals surface area contributed by atoms with Gasteiger partial charge in [0.05, 0.1) is 19.8 Å². The predicted octanol–water partition coefficient (Wildman–Crippen LogP) is 2.99. The van der Waals surface area contributed by atoms with Gasteiger partial charge >= 0.3 is 0 Å². The first kappa shape index (κ1) is 15.6. The molecule has 1 aromatic carbocycles. The number of aliphatic hydroxyl groups excluding tert-OH is 1. The largest absolute Gasteiger partial charge is 0.461 e. The third-order valence-corrected chi connectivity index (χ3v) is 3.98. The highest BCUT2D eigenvalue weighted by molar-refractivity contribution is 5.43. The van der Waals surface area contributed by atoms with Gasteiger partial charge in [-0.25, -0.2) is 0 Å². The van der Waals surface area contributed by atoms with Crippen LogP contribution in [0.15, 0.2) is 18.2 Å². The molecule has 0 aromatic heterocycles. The minimum absolute atomic E-state index is 0.0257. The Morgan fingerprint density at radius 1 is 0.909 bits per heavy atom. The third kappa shape index (κ3) is 4.12. The number of hydrogen-bond donors (Lipinski definition) is 1. The summed E-state index contributed by atoms with van der Waals surface area (Å²) >= 11 is 0. The standard InChI is InChI=1S/C17H24O5/c18-12-13-7-8-14(21-16-5-1-3-9-19-16)15(11-13)22-17-6-2-4-10-20-17/h7-8,11,16-18H,1-6,9-10,12H2/t16-,17-/m1/s1. The molecule has 0 unspecified atom stereocenters. The molecule has 0 spiro atoms. The number of rotatable bonds is 5. The smallest absolute Gasteiger partial charge is 0.200 e. The lowest BCUT2D eigenvalue weighted by Crippen LogP contribution is -2.27. The maximum absolute atomic E-state index is 9.33. The molecule has 2 heterocycles. The van der Waals surface area contributed by atoms with E-state index in [1.165, 1.54) is 0 Å². The van der Waals surface area contributed by atoms with Crippen LogP contribution in [-0.4, -0.2) is 30.9 Å². The summed E-state index contributed by atoms with van der Waals surface area (Å²) in [6.07, 6.45) is 5.69. The van der Waals surface area contributed by atoms with E-state index in [0.717, 1.165) is 57.3 Å². The van der Waals surface area contributed by atoms with E-state index in [9.17, 15) is 5.11 Å². The van der Waals surface area contributed by atoms with E-state index in [1.54, 1.807) is 0 Å². The number of hydrogen-bond acceptors (Lipinski definition) is 5. The van der Waals surface area contributed by atoms with E-state index >= 15 is 0 Å². The van der Waals surface area contributed by atoms with Crippen LogP contribution in [0.2, 0.25) is 0 Å². The molecule has 2 saturated heterocycles. The molecule has 0 saturated carbocycles.